The van der Waals surface area contributed by atoms with E-state index >= 15 is 0 Å². The fourth-order valence-electron chi connectivity index (χ4n) is 2.24. The van der Waals surface area contributed by atoms with E-state index < -0.39 is 0 Å². The molecule has 0 spiro atoms. The van der Waals surface area contributed by atoms with Crippen LogP contribution in [-0.2, 0) is 22.9 Å². The van der Waals surface area contributed by atoms with Crippen molar-refractivity contribution in [3.05, 3.63) is 11.9 Å². The molecule has 5 nitrogen and oxygen atoms in total. The average molecular weight is 325 g/mol. The first-order valence-corrected chi connectivity index (χ1v) is 8.52. The third-order valence-electron chi connectivity index (χ3n) is 3.80. The molecule has 0 radical (unpaired) electrons. The maximum atomic E-state index is 6.07. The molecule has 0 aliphatic rings. The fraction of sp³-hybridized carbons (Fsp3) is 0.889. The van der Waals surface area contributed by atoms with Crippen molar-refractivity contribution in [3.63, 3.8) is 0 Å². The first-order chi connectivity index (χ1) is 10.4. The Morgan fingerprint density at radius 2 is 1.48 bits per heavy atom. The lowest BCUT2D eigenvalue weighted by Gasteiger charge is -2.30. The van der Waals surface area contributed by atoms with Crippen LogP contribution in [0.3, 0.4) is 0 Å². The molecule has 0 bridgehead atoms. The maximum Gasteiger partial charge on any atom is 0.0855 e. The van der Waals surface area contributed by atoms with Gasteiger partial charge in [0.1, 0.15) is 0 Å². The molecule has 1 heterocycles. The van der Waals surface area contributed by atoms with Crippen LogP contribution in [0.5, 0.6) is 0 Å². The molecule has 0 unspecified atom stereocenters. The normalized spacial score (nSPS) is 13.6. The number of aromatic nitrogens is 3. The predicted octanol–water partition coefficient (Wildman–Crippen LogP) is 3.77. The first-order valence-electron chi connectivity index (χ1n) is 8.52. The summed E-state index contributed by atoms with van der Waals surface area (Å²) in [7, 11) is 1.88. The smallest absolute Gasteiger partial charge is 0.0855 e. The van der Waals surface area contributed by atoms with Crippen LogP contribution in [0.15, 0.2) is 6.20 Å². The van der Waals surface area contributed by atoms with E-state index in [0.29, 0.717) is 12.0 Å². The van der Waals surface area contributed by atoms with Gasteiger partial charge >= 0.3 is 0 Å². The maximum absolute atomic E-state index is 6.07. The van der Waals surface area contributed by atoms with Crippen LogP contribution in [0.2, 0.25) is 0 Å². The number of hydrogen-bond donors (Lipinski definition) is 0. The van der Waals surface area contributed by atoms with Gasteiger partial charge in [-0.3, -0.25) is 4.68 Å². The van der Waals surface area contributed by atoms with E-state index in [2.05, 4.69) is 58.8 Å². The van der Waals surface area contributed by atoms with Gasteiger partial charge in [-0.05, 0) is 46.0 Å². The summed E-state index contributed by atoms with van der Waals surface area (Å²) < 4.78 is 13.8. The third-order valence-corrected chi connectivity index (χ3v) is 3.80. The molecule has 0 aromatic carbocycles. The van der Waals surface area contributed by atoms with Gasteiger partial charge in [-0.15, -0.1) is 5.10 Å². The second-order valence-corrected chi connectivity index (χ2v) is 8.84. The zero-order valence-electron chi connectivity index (χ0n) is 16.3. The van der Waals surface area contributed by atoms with Crippen molar-refractivity contribution in [1.82, 2.24) is 15.0 Å². The van der Waals surface area contributed by atoms with E-state index in [9.17, 15) is 0 Å². The Balaban J connectivity index is 2.33. The molecule has 1 rings (SSSR count). The highest BCUT2D eigenvalue weighted by molar-refractivity contribution is 4.97. The lowest BCUT2D eigenvalue weighted by molar-refractivity contribution is -0.0757. The summed E-state index contributed by atoms with van der Waals surface area (Å²) in [6.45, 7) is 16.6. The van der Waals surface area contributed by atoms with Crippen LogP contribution in [0.4, 0.5) is 0 Å². The molecule has 0 saturated carbocycles. The Morgan fingerprint density at radius 3 is 2.00 bits per heavy atom. The summed E-state index contributed by atoms with van der Waals surface area (Å²) in [4.78, 5) is 0. The van der Waals surface area contributed by atoms with Crippen molar-refractivity contribution in [1.29, 1.82) is 0 Å². The summed E-state index contributed by atoms with van der Waals surface area (Å²) in [6, 6.07) is 0. The van der Waals surface area contributed by atoms with Crippen LogP contribution in [-0.4, -0.2) is 39.4 Å². The van der Waals surface area contributed by atoms with E-state index in [1.165, 1.54) is 0 Å². The molecule has 0 aliphatic carbocycles. The van der Waals surface area contributed by atoms with E-state index in [0.717, 1.165) is 31.6 Å². The van der Waals surface area contributed by atoms with Gasteiger partial charge in [0.05, 0.1) is 23.5 Å². The minimum Gasteiger partial charge on any atom is -0.375 e. The van der Waals surface area contributed by atoms with Gasteiger partial charge in [0.2, 0.25) is 0 Å². The standard InChI is InChI=1S/C18H35N3O2/c1-16(2,3)9-11-22-17(4,5)10-12-23-18(6,7)13-15-14-21(8)20-19-15/h14H,9-13H2,1-8H3. The topological polar surface area (TPSA) is 49.2 Å². The number of hydrogen-bond acceptors (Lipinski definition) is 4. The molecule has 0 aliphatic heterocycles. The molecule has 134 valence electrons. The zero-order valence-corrected chi connectivity index (χ0v) is 16.3. The van der Waals surface area contributed by atoms with Crippen LogP contribution in [0.25, 0.3) is 0 Å². The minimum atomic E-state index is -0.252. The van der Waals surface area contributed by atoms with Gasteiger partial charge in [0.25, 0.3) is 0 Å². The molecule has 0 N–H and O–H groups in total. The van der Waals surface area contributed by atoms with Crippen molar-refractivity contribution >= 4 is 0 Å². The van der Waals surface area contributed by atoms with Gasteiger partial charge in [0.15, 0.2) is 0 Å². The Hall–Kier alpha value is -0.940. The third kappa shape index (κ3) is 9.06. The molecule has 1 aromatic rings. The quantitative estimate of drug-likeness (QED) is 0.693. The second kappa shape index (κ2) is 7.75. The van der Waals surface area contributed by atoms with Gasteiger partial charge < -0.3 is 9.47 Å². The van der Waals surface area contributed by atoms with Gasteiger partial charge in [-0.25, -0.2) is 0 Å². The largest absolute Gasteiger partial charge is 0.375 e. The Morgan fingerprint density at radius 1 is 0.913 bits per heavy atom. The summed E-state index contributed by atoms with van der Waals surface area (Å²) in [5.74, 6) is 0. The monoisotopic (exact) mass is 325 g/mol. The summed E-state index contributed by atoms with van der Waals surface area (Å²) in [5, 5.41) is 8.09. The van der Waals surface area contributed by atoms with Crippen molar-refractivity contribution < 1.29 is 9.47 Å². The summed E-state index contributed by atoms with van der Waals surface area (Å²) in [5.41, 5.74) is 0.856. The molecule has 0 atom stereocenters. The number of rotatable bonds is 9. The van der Waals surface area contributed by atoms with Crippen molar-refractivity contribution in [2.45, 2.75) is 78.9 Å². The predicted molar refractivity (Wildman–Crippen MR) is 93.5 cm³/mol. The number of aryl methyl sites for hydroxylation is 1. The summed E-state index contributed by atoms with van der Waals surface area (Å²) >= 11 is 0. The SMILES string of the molecule is Cn1cc(CC(C)(C)OCCC(C)(C)OCCC(C)(C)C)nn1. The molecule has 0 amide bonds. The highest BCUT2D eigenvalue weighted by Crippen LogP contribution is 2.23. The van der Waals surface area contributed by atoms with E-state index in [1.807, 2.05) is 13.2 Å². The highest BCUT2D eigenvalue weighted by atomic mass is 16.5. The Kier molecular flexibility index (Phi) is 6.78. The lowest BCUT2D eigenvalue weighted by atomic mass is 9.93. The highest BCUT2D eigenvalue weighted by Gasteiger charge is 2.24. The molecule has 0 fully saturated rings. The van der Waals surface area contributed by atoms with E-state index in [4.69, 9.17) is 9.47 Å². The lowest BCUT2D eigenvalue weighted by Crippen LogP contribution is -2.33. The second-order valence-electron chi connectivity index (χ2n) is 8.84. The first kappa shape index (κ1) is 20.1. The number of ether oxygens (including phenoxy) is 2. The molecule has 1 aromatic heterocycles. The number of nitrogens with zero attached hydrogens (tertiary/aromatic N) is 3. The average Bonchev–Trinajstić information content (AvgIpc) is 2.70. The summed E-state index contributed by atoms with van der Waals surface area (Å²) in [6.07, 6.45) is 4.63. The van der Waals surface area contributed by atoms with Gasteiger partial charge in [0, 0.05) is 26.3 Å². The van der Waals surface area contributed by atoms with Crippen molar-refractivity contribution in [3.8, 4) is 0 Å². The molecule has 0 saturated heterocycles. The van der Waals surface area contributed by atoms with E-state index in [1.54, 1.807) is 4.68 Å². The Bertz CT molecular complexity index is 473. The fourth-order valence-corrected chi connectivity index (χ4v) is 2.24. The van der Waals surface area contributed by atoms with Crippen LogP contribution < -0.4 is 0 Å². The van der Waals surface area contributed by atoms with Crippen LogP contribution in [0, 0.1) is 5.41 Å². The minimum absolute atomic E-state index is 0.159. The van der Waals surface area contributed by atoms with Gasteiger partial charge in [-0.1, -0.05) is 26.0 Å². The molecule has 23 heavy (non-hydrogen) atoms. The Labute approximate surface area is 141 Å². The van der Waals surface area contributed by atoms with Crippen molar-refractivity contribution in [2.75, 3.05) is 13.2 Å². The molecular weight excluding hydrogens is 290 g/mol. The molecular formula is C18H35N3O2. The van der Waals surface area contributed by atoms with Crippen LogP contribution in [0.1, 0.15) is 67.0 Å². The zero-order chi connectivity index (χ0) is 17.7. The van der Waals surface area contributed by atoms with Crippen LogP contribution >= 0.6 is 0 Å². The van der Waals surface area contributed by atoms with E-state index in [-0.39, 0.29) is 11.2 Å². The van der Waals surface area contributed by atoms with Crippen molar-refractivity contribution in [2.24, 2.45) is 12.5 Å². The van der Waals surface area contributed by atoms with Gasteiger partial charge in [-0.2, -0.15) is 0 Å². The molecule has 5 heteroatoms.